The zero-order chi connectivity index (χ0) is 14.8. The lowest BCUT2D eigenvalue weighted by molar-refractivity contribution is -0.145. The fourth-order valence-corrected chi connectivity index (χ4v) is 1.96. The summed E-state index contributed by atoms with van der Waals surface area (Å²) >= 11 is 0. The first-order valence-corrected chi connectivity index (χ1v) is 6.73. The van der Waals surface area contributed by atoms with Gasteiger partial charge in [0.15, 0.2) is 11.5 Å². The number of aryl methyl sites for hydroxylation is 1. The Bertz CT molecular complexity index is 499. The fourth-order valence-electron chi connectivity index (χ4n) is 1.96. The summed E-state index contributed by atoms with van der Waals surface area (Å²) < 4.78 is 10.9. The first kappa shape index (κ1) is 14.7. The summed E-state index contributed by atoms with van der Waals surface area (Å²) in [5, 5.41) is 12.5. The van der Waals surface area contributed by atoms with Crippen molar-refractivity contribution in [3.8, 4) is 11.5 Å². The number of benzene rings is 1. The number of aliphatic carboxylic acids is 1. The second-order valence-electron chi connectivity index (χ2n) is 5.50. The minimum atomic E-state index is -1.09. The van der Waals surface area contributed by atoms with Gasteiger partial charge in [-0.2, -0.15) is 0 Å². The maximum absolute atomic E-state index is 11.4. The van der Waals surface area contributed by atoms with E-state index in [0.717, 1.165) is 18.4 Å². The second-order valence-corrected chi connectivity index (χ2v) is 5.50. The van der Waals surface area contributed by atoms with Crippen molar-refractivity contribution in [3.63, 3.8) is 0 Å². The normalized spacial score (nSPS) is 17.4. The van der Waals surface area contributed by atoms with E-state index in [1.807, 2.05) is 19.1 Å². The molecule has 1 atom stereocenters. The average molecular weight is 279 g/mol. The molecule has 1 aliphatic carbocycles. The van der Waals surface area contributed by atoms with E-state index in [9.17, 15) is 9.90 Å². The third-order valence-corrected chi connectivity index (χ3v) is 3.41. The molecule has 1 aliphatic rings. The molecule has 0 bridgehead atoms. The molecule has 1 aromatic rings. The highest BCUT2D eigenvalue weighted by molar-refractivity contribution is 5.78. The van der Waals surface area contributed by atoms with Crippen LogP contribution in [0.2, 0.25) is 0 Å². The standard InChI is InChI=1S/C15H21NO4/c1-10-4-7-12(13(8-10)19-3)20-9-15(2,14(17)18)16-11-5-6-11/h4,7-8,11,16H,5-6,9H2,1-3H3,(H,17,18). The number of nitrogens with one attached hydrogen (secondary N) is 1. The molecule has 0 spiro atoms. The molecule has 0 heterocycles. The van der Waals surface area contributed by atoms with Gasteiger partial charge in [-0.25, -0.2) is 0 Å². The number of hydrogen-bond donors (Lipinski definition) is 2. The van der Waals surface area contributed by atoms with Gasteiger partial charge in [0.05, 0.1) is 7.11 Å². The molecule has 2 rings (SSSR count). The summed E-state index contributed by atoms with van der Waals surface area (Å²) in [5.41, 5.74) is -0.0249. The van der Waals surface area contributed by atoms with Gasteiger partial charge in [-0.1, -0.05) is 6.07 Å². The van der Waals surface area contributed by atoms with Crippen LogP contribution in [0.3, 0.4) is 0 Å². The molecule has 5 heteroatoms. The van der Waals surface area contributed by atoms with E-state index < -0.39 is 11.5 Å². The number of carbonyl (C=O) groups is 1. The van der Waals surface area contributed by atoms with Crippen LogP contribution in [-0.2, 0) is 4.79 Å². The Balaban J connectivity index is 2.07. The van der Waals surface area contributed by atoms with Crippen LogP contribution in [-0.4, -0.2) is 36.4 Å². The molecule has 0 radical (unpaired) electrons. The highest BCUT2D eigenvalue weighted by atomic mass is 16.5. The maximum Gasteiger partial charge on any atom is 0.327 e. The van der Waals surface area contributed by atoms with Gasteiger partial charge in [-0.05, 0) is 44.4 Å². The molecule has 20 heavy (non-hydrogen) atoms. The van der Waals surface area contributed by atoms with E-state index in [1.54, 1.807) is 20.1 Å². The number of carboxylic acid groups (broad SMARTS) is 1. The van der Waals surface area contributed by atoms with Crippen molar-refractivity contribution in [2.45, 2.75) is 38.3 Å². The number of carboxylic acids is 1. The number of methoxy groups -OCH3 is 1. The monoisotopic (exact) mass is 279 g/mol. The van der Waals surface area contributed by atoms with Gasteiger partial charge in [0.25, 0.3) is 0 Å². The Morgan fingerprint density at radius 3 is 2.70 bits per heavy atom. The van der Waals surface area contributed by atoms with Crippen molar-refractivity contribution in [2.24, 2.45) is 0 Å². The molecule has 2 N–H and O–H groups in total. The van der Waals surface area contributed by atoms with E-state index in [1.165, 1.54) is 0 Å². The lowest BCUT2D eigenvalue weighted by Crippen LogP contribution is -2.54. The summed E-state index contributed by atoms with van der Waals surface area (Å²) in [5.74, 6) is 0.266. The molecule has 1 fully saturated rings. The van der Waals surface area contributed by atoms with Crippen LogP contribution in [0.15, 0.2) is 18.2 Å². The topological polar surface area (TPSA) is 67.8 Å². The molecule has 0 aromatic heterocycles. The van der Waals surface area contributed by atoms with Gasteiger partial charge >= 0.3 is 5.97 Å². The van der Waals surface area contributed by atoms with E-state index in [-0.39, 0.29) is 6.61 Å². The highest BCUT2D eigenvalue weighted by Crippen LogP contribution is 2.29. The quantitative estimate of drug-likeness (QED) is 0.799. The van der Waals surface area contributed by atoms with Gasteiger partial charge < -0.3 is 14.6 Å². The van der Waals surface area contributed by atoms with Gasteiger partial charge in [0.2, 0.25) is 0 Å². The number of rotatable bonds is 7. The van der Waals surface area contributed by atoms with Crippen molar-refractivity contribution >= 4 is 5.97 Å². The Labute approximate surface area is 118 Å². The van der Waals surface area contributed by atoms with Crippen molar-refractivity contribution in [1.82, 2.24) is 5.32 Å². The van der Waals surface area contributed by atoms with Gasteiger partial charge in [-0.3, -0.25) is 10.1 Å². The minimum absolute atomic E-state index is 0.0538. The SMILES string of the molecule is COc1cc(C)ccc1OCC(C)(NC1CC1)C(=O)O. The van der Waals surface area contributed by atoms with E-state index >= 15 is 0 Å². The number of hydrogen-bond acceptors (Lipinski definition) is 4. The zero-order valence-electron chi connectivity index (χ0n) is 12.1. The van der Waals surface area contributed by atoms with Crippen LogP contribution in [0.1, 0.15) is 25.3 Å². The first-order valence-electron chi connectivity index (χ1n) is 6.73. The average Bonchev–Trinajstić information content (AvgIpc) is 3.20. The lowest BCUT2D eigenvalue weighted by Gasteiger charge is -2.26. The molecule has 1 aromatic carbocycles. The molecular weight excluding hydrogens is 258 g/mol. The van der Waals surface area contributed by atoms with Crippen molar-refractivity contribution in [3.05, 3.63) is 23.8 Å². The summed E-state index contributed by atoms with van der Waals surface area (Å²) in [6.07, 6.45) is 2.05. The van der Waals surface area contributed by atoms with Gasteiger partial charge in [-0.15, -0.1) is 0 Å². The van der Waals surface area contributed by atoms with Crippen molar-refractivity contribution in [1.29, 1.82) is 0 Å². The minimum Gasteiger partial charge on any atom is -0.493 e. The van der Waals surface area contributed by atoms with Crippen LogP contribution >= 0.6 is 0 Å². The van der Waals surface area contributed by atoms with E-state index in [0.29, 0.717) is 17.5 Å². The van der Waals surface area contributed by atoms with Crippen molar-refractivity contribution in [2.75, 3.05) is 13.7 Å². The molecule has 110 valence electrons. The predicted octanol–water partition coefficient (Wildman–Crippen LogP) is 1.98. The molecule has 0 amide bonds. The Morgan fingerprint density at radius 2 is 2.15 bits per heavy atom. The largest absolute Gasteiger partial charge is 0.493 e. The Morgan fingerprint density at radius 1 is 1.45 bits per heavy atom. The first-order chi connectivity index (χ1) is 9.44. The summed E-state index contributed by atoms with van der Waals surface area (Å²) in [6, 6.07) is 5.86. The predicted molar refractivity (Wildman–Crippen MR) is 75.4 cm³/mol. The molecule has 0 saturated heterocycles. The third kappa shape index (κ3) is 3.42. The van der Waals surface area contributed by atoms with Crippen LogP contribution in [0.4, 0.5) is 0 Å². The summed E-state index contributed by atoms with van der Waals surface area (Å²) in [4.78, 5) is 11.4. The van der Waals surface area contributed by atoms with Crippen LogP contribution < -0.4 is 14.8 Å². The Kier molecular flexibility index (Phi) is 4.18. The van der Waals surface area contributed by atoms with Gasteiger partial charge in [0, 0.05) is 6.04 Å². The Hall–Kier alpha value is -1.75. The fraction of sp³-hybridized carbons (Fsp3) is 0.533. The summed E-state index contributed by atoms with van der Waals surface area (Å²) in [6.45, 7) is 3.66. The number of ether oxygens (including phenoxy) is 2. The third-order valence-electron chi connectivity index (χ3n) is 3.41. The van der Waals surface area contributed by atoms with E-state index in [4.69, 9.17) is 9.47 Å². The van der Waals surface area contributed by atoms with Crippen LogP contribution in [0.25, 0.3) is 0 Å². The molecule has 1 saturated carbocycles. The molecule has 5 nitrogen and oxygen atoms in total. The lowest BCUT2D eigenvalue weighted by atomic mass is 10.0. The molecular formula is C15H21NO4. The van der Waals surface area contributed by atoms with Crippen molar-refractivity contribution < 1.29 is 19.4 Å². The van der Waals surface area contributed by atoms with E-state index in [2.05, 4.69) is 5.32 Å². The zero-order valence-corrected chi connectivity index (χ0v) is 12.1. The van der Waals surface area contributed by atoms with Crippen LogP contribution in [0.5, 0.6) is 11.5 Å². The summed E-state index contributed by atoms with van der Waals surface area (Å²) in [7, 11) is 1.57. The molecule has 1 unspecified atom stereocenters. The maximum atomic E-state index is 11.4. The highest BCUT2D eigenvalue weighted by Gasteiger charge is 2.39. The van der Waals surface area contributed by atoms with Gasteiger partial charge in [0.1, 0.15) is 12.1 Å². The van der Waals surface area contributed by atoms with Crippen LogP contribution in [0, 0.1) is 6.92 Å². The molecule has 0 aliphatic heterocycles. The second kappa shape index (κ2) is 5.71. The smallest absolute Gasteiger partial charge is 0.327 e.